The molecular weight excluding hydrogens is 334 g/mol. The Hall–Kier alpha value is -1.95. The molecule has 0 aliphatic carbocycles. The number of hydrogen-bond donors (Lipinski definition) is 1. The summed E-state index contributed by atoms with van der Waals surface area (Å²) in [7, 11) is 0. The van der Waals surface area contributed by atoms with Gasteiger partial charge in [-0.15, -0.1) is 0 Å². The Morgan fingerprint density at radius 2 is 2.00 bits per heavy atom. The van der Waals surface area contributed by atoms with E-state index in [0.29, 0.717) is 15.9 Å². The molecule has 5 nitrogen and oxygen atoms in total. The molecule has 0 fully saturated rings. The van der Waals surface area contributed by atoms with Crippen LogP contribution < -0.4 is 5.32 Å². The largest absolute Gasteiger partial charge is 0.363 e. The first kappa shape index (κ1) is 15.4. The van der Waals surface area contributed by atoms with Gasteiger partial charge in [-0.1, -0.05) is 24.3 Å². The number of nitrogens with one attached hydrogen (secondary N) is 1. The molecule has 1 unspecified atom stereocenters. The lowest BCUT2D eigenvalue weighted by atomic mass is 10.0. The molecule has 0 aliphatic heterocycles. The van der Waals surface area contributed by atoms with E-state index in [0.717, 1.165) is 0 Å². The normalized spacial score (nSPS) is 12.0. The maximum absolute atomic E-state index is 10.9. The average Bonchev–Trinajstić information content (AvgIpc) is 2.44. The van der Waals surface area contributed by atoms with Gasteiger partial charge in [0.25, 0.3) is 5.69 Å². The summed E-state index contributed by atoms with van der Waals surface area (Å²) in [6, 6.07) is 8.15. The molecule has 1 heterocycles. The zero-order valence-electron chi connectivity index (χ0n) is 12.1. The summed E-state index contributed by atoms with van der Waals surface area (Å²) in [5.41, 5.74) is 2.93. The number of anilines is 1. The molecule has 1 atom stereocenters. The fourth-order valence-electron chi connectivity index (χ4n) is 2.21. The van der Waals surface area contributed by atoms with E-state index in [1.807, 2.05) is 19.1 Å². The van der Waals surface area contributed by atoms with Gasteiger partial charge >= 0.3 is 0 Å². The second-order valence-electron chi connectivity index (χ2n) is 4.91. The van der Waals surface area contributed by atoms with Crippen LogP contribution in [0.25, 0.3) is 0 Å². The second kappa shape index (κ2) is 6.22. The third-order valence-corrected chi connectivity index (χ3v) is 4.41. The van der Waals surface area contributed by atoms with E-state index in [2.05, 4.69) is 45.3 Å². The molecule has 110 valence electrons. The van der Waals surface area contributed by atoms with Gasteiger partial charge < -0.3 is 5.32 Å². The summed E-state index contributed by atoms with van der Waals surface area (Å²) in [5.74, 6) is 0.605. The molecule has 2 rings (SSSR count). The quantitative estimate of drug-likeness (QED) is 0.649. The average molecular weight is 350 g/mol. The second-order valence-corrected chi connectivity index (χ2v) is 5.70. The Morgan fingerprint density at radius 3 is 2.62 bits per heavy atom. The van der Waals surface area contributed by atoms with E-state index in [4.69, 9.17) is 0 Å². The number of pyridine rings is 1. The lowest BCUT2D eigenvalue weighted by molar-refractivity contribution is -0.385. The Balaban J connectivity index is 2.30. The highest BCUT2D eigenvalue weighted by Crippen LogP contribution is 2.32. The van der Waals surface area contributed by atoms with E-state index >= 15 is 0 Å². The number of hydrogen-bond acceptors (Lipinski definition) is 4. The summed E-state index contributed by atoms with van der Waals surface area (Å²) < 4.78 is 0.622. The Labute approximate surface area is 131 Å². The first-order valence-corrected chi connectivity index (χ1v) is 7.32. The third kappa shape index (κ3) is 3.21. The minimum Gasteiger partial charge on any atom is -0.363 e. The molecule has 0 radical (unpaired) electrons. The predicted octanol–water partition coefficient (Wildman–Crippen LogP) is 4.54. The van der Waals surface area contributed by atoms with E-state index in [9.17, 15) is 10.1 Å². The van der Waals surface area contributed by atoms with E-state index < -0.39 is 4.92 Å². The van der Waals surface area contributed by atoms with Crippen LogP contribution in [-0.4, -0.2) is 9.91 Å². The van der Waals surface area contributed by atoms with Gasteiger partial charge in [-0.05, 0) is 47.8 Å². The molecule has 0 spiro atoms. The molecule has 21 heavy (non-hydrogen) atoms. The lowest BCUT2D eigenvalue weighted by Crippen LogP contribution is -2.10. The third-order valence-electron chi connectivity index (χ3n) is 3.44. The van der Waals surface area contributed by atoms with Crippen LogP contribution in [0.5, 0.6) is 0 Å². The molecule has 6 heteroatoms. The van der Waals surface area contributed by atoms with Crippen molar-refractivity contribution in [2.75, 3.05) is 5.32 Å². The summed E-state index contributed by atoms with van der Waals surface area (Å²) in [5, 5.41) is 14.2. The number of nitrogens with zero attached hydrogens (tertiary/aromatic N) is 2. The molecule has 1 N–H and O–H groups in total. The van der Waals surface area contributed by atoms with Crippen molar-refractivity contribution >= 4 is 27.4 Å². The van der Waals surface area contributed by atoms with Crippen molar-refractivity contribution in [3.8, 4) is 0 Å². The number of rotatable bonds is 4. The van der Waals surface area contributed by atoms with Crippen molar-refractivity contribution in [2.24, 2.45) is 0 Å². The fourth-order valence-corrected chi connectivity index (χ4v) is 2.63. The first-order chi connectivity index (χ1) is 9.91. The van der Waals surface area contributed by atoms with Gasteiger partial charge in [-0.25, -0.2) is 4.98 Å². The van der Waals surface area contributed by atoms with Gasteiger partial charge in [0.1, 0.15) is 12.0 Å². The van der Waals surface area contributed by atoms with Crippen molar-refractivity contribution in [1.29, 1.82) is 0 Å². The Morgan fingerprint density at radius 1 is 1.33 bits per heavy atom. The number of nitro groups is 1. The van der Waals surface area contributed by atoms with E-state index in [1.165, 1.54) is 17.3 Å². The SMILES string of the molecule is Cc1ccccc1C(C)Nc1ncc([N+](=O)[O-])c(C)c1Br. The van der Waals surface area contributed by atoms with Crippen LogP contribution in [0.1, 0.15) is 29.7 Å². The van der Waals surface area contributed by atoms with Crippen LogP contribution >= 0.6 is 15.9 Å². The number of benzene rings is 1. The lowest BCUT2D eigenvalue weighted by Gasteiger charge is -2.18. The van der Waals surface area contributed by atoms with Crippen LogP contribution in [-0.2, 0) is 0 Å². The molecule has 0 saturated carbocycles. The molecule has 0 saturated heterocycles. The van der Waals surface area contributed by atoms with Gasteiger partial charge in [0.2, 0.25) is 0 Å². The molecular formula is C15H16BrN3O2. The first-order valence-electron chi connectivity index (χ1n) is 6.53. The van der Waals surface area contributed by atoms with E-state index in [1.54, 1.807) is 6.92 Å². The van der Waals surface area contributed by atoms with Crippen LogP contribution in [0, 0.1) is 24.0 Å². The number of aryl methyl sites for hydroxylation is 1. The Kier molecular flexibility index (Phi) is 4.57. The van der Waals surface area contributed by atoms with Crippen LogP contribution in [0.4, 0.5) is 11.5 Å². The van der Waals surface area contributed by atoms with Crippen LogP contribution in [0.2, 0.25) is 0 Å². The zero-order valence-corrected chi connectivity index (χ0v) is 13.6. The molecule has 0 amide bonds. The highest BCUT2D eigenvalue weighted by molar-refractivity contribution is 9.10. The summed E-state index contributed by atoms with van der Waals surface area (Å²) in [6.45, 7) is 5.79. The highest BCUT2D eigenvalue weighted by Gasteiger charge is 2.18. The minimum absolute atomic E-state index is 0.0102. The van der Waals surface area contributed by atoms with Gasteiger partial charge in [-0.3, -0.25) is 10.1 Å². The maximum atomic E-state index is 10.9. The molecule has 2 aromatic rings. The van der Waals surface area contributed by atoms with Crippen LogP contribution in [0.3, 0.4) is 0 Å². The fraction of sp³-hybridized carbons (Fsp3) is 0.267. The summed E-state index contributed by atoms with van der Waals surface area (Å²) in [4.78, 5) is 14.6. The van der Waals surface area contributed by atoms with Crippen molar-refractivity contribution in [3.05, 3.63) is 61.7 Å². The van der Waals surface area contributed by atoms with Crippen LogP contribution in [0.15, 0.2) is 34.9 Å². The highest BCUT2D eigenvalue weighted by atomic mass is 79.9. The van der Waals surface area contributed by atoms with Crippen molar-refractivity contribution in [3.63, 3.8) is 0 Å². The number of aromatic nitrogens is 1. The molecule has 0 aliphatic rings. The predicted molar refractivity (Wildman–Crippen MR) is 86.5 cm³/mol. The van der Waals surface area contributed by atoms with Gasteiger partial charge in [0, 0.05) is 5.56 Å². The molecule has 1 aromatic carbocycles. The molecule has 0 bridgehead atoms. The van der Waals surface area contributed by atoms with Crippen molar-refractivity contribution in [2.45, 2.75) is 26.8 Å². The number of halogens is 1. The van der Waals surface area contributed by atoms with Crippen molar-refractivity contribution < 1.29 is 4.92 Å². The summed E-state index contributed by atoms with van der Waals surface area (Å²) >= 11 is 3.39. The topological polar surface area (TPSA) is 68.1 Å². The standard InChI is InChI=1S/C15H16BrN3O2/c1-9-6-4-5-7-12(9)11(3)18-15-14(16)10(2)13(8-17-15)19(20)21/h4-8,11H,1-3H3,(H,17,18). The van der Waals surface area contributed by atoms with Gasteiger partial charge in [0.15, 0.2) is 0 Å². The monoisotopic (exact) mass is 349 g/mol. The van der Waals surface area contributed by atoms with E-state index in [-0.39, 0.29) is 11.7 Å². The van der Waals surface area contributed by atoms with Crippen molar-refractivity contribution in [1.82, 2.24) is 4.98 Å². The van der Waals surface area contributed by atoms with Gasteiger partial charge in [0.05, 0.1) is 15.4 Å². The maximum Gasteiger partial charge on any atom is 0.291 e. The summed E-state index contributed by atoms with van der Waals surface area (Å²) in [6.07, 6.45) is 1.28. The Bertz CT molecular complexity index is 689. The molecule has 1 aromatic heterocycles. The minimum atomic E-state index is -0.429. The van der Waals surface area contributed by atoms with Gasteiger partial charge in [-0.2, -0.15) is 0 Å². The smallest absolute Gasteiger partial charge is 0.291 e. The zero-order chi connectivity index (χ0) is 15.6.